The lowest BCUT2D eigenvalue weighted by atomic mass is 10.1. The number of hydrogen-bond donors (Lipinski definition) is 2. The van der Waals surface area contributed by atoms with Crippen LogP contribution in [-0.2, 0) is 4.79 Å². The van der Waals surface area contributed by atoms with Gasteiger partial charge in [-0.2, -0.15) is 10.4 Å². The Bertz CT molecular complexity index is 670. The minimum Gasteiger partial charge on any atom is -0.369 e. The first kappa shape index (κ1) is 14.9. The Hall–Kier alpha value is -2.55. The molecule has 0 bridgehead atoms. The lowest BCUT2D eigenvalue weighted by Crippen LogP contribution is -2.34. The molecule has 21 heavy (non-hydrogen) atoms. The van der Waals surface area contributed by atoms with Crippen LogP contribution in [0.5, 0.6) is 0 Å². The summed E-state index contributed by atoms with van der Waals surface area (Å²) in [7, 11) is 0. The van der Waals surface area contributed by atoms with Crippen LogP contribution in [0.15, 0.2) is 18.3 Å². The Morgan fingerprint density at radius 1 is 1.48 bits per heavy atom. The molecular formula is C15H19N5O. The predicted molar refractivity (Wildman–Crippen MR) is 82.0 cm³/mol. The van der Waals surface area contributed by atoms with Gasteiger partial charge in [0.05, 0.1) is 23.3 Å². The second-order valence-corrected chi connectivity index (χ2v) is 4.91. The highest BCUT2D eigenvalue weighted by atomic mass is 16.1. The van der Waals surface area contributed by atoms with Gasteiger partial charge in [-0.15, -0.1) is 0 Å². The second kappa shape index (κ2) is 6.75. The molecule has 0 saturated heterocycles. The number of hydrogen-bond acceptors (Lipinski definition) is 4. The quantitative estimate of drug-likeness (QED) is 0.847. The van der Waals surface area contributed by atoms with E-state index in [4.69, 9.17) is 5.26 Å². The normalized spacial score (nSPS) is 10.3. The summed E-state index contributed by atoms with van der Waals surface area (Å²) in [6.45, 7) is 5.74. The van der Waals surface area contributed by atoms with Gasteiger partial charge in [0.1, 0.15) is 0 Å². The van der Waals surface area contributed by atoms with E-state index in [1.807, 2.05) is 6.07 Å². The first-order valence-corrected chi connectivity index (χ1v) is 7.02. The Morgan fingerprint density at radius 3 is 2.95 bits per heavy atom. The molecule has 2 N–H and O–H groups in total. The minimum atomic E-state index is -0.0364. The van der Waals surface area contributed by atoms with Crippen LogP contribution in [0.2, 0.25) is 0 Å². The molecule has 0 aliphatic rings. The lowest BCUT2D eigenvalue weighted by molar-refractivity contribution is -0.118. The molecule has 1 heterocycles. The van der Waals surface area contributed by atoms with Crippen molar-refractivity contribution in [1.82, 2.24) is 15.5 Å². The summed E-state index contributed by atoms with van der Waals surface area (Å²) in [4.78, 5) is 13.2. The number of H-pyrrole nitrogens is 1. The van der Waals surface area contributed by atoms with Gasteiger partial charge < -0.3 is 10.2 Å². The van der Waals surface area contributed by atoms with Crippen LogP contribution >= 0.6 is 0 Å². The summed E-state index contributed by atoms with van der Waals surface area (Å²) < 4.78 is 0. The van der Waals surface area contributed by atoms with Crippen molar-refractivity contribution in [3.8, 4) is 6.07 Å². The van der Waals surface area contributed by atoms with Crippen molar-refractivity contribution in [2.75, 3.05) is 24.5 Å². The van der Waals surface area contributed by atoms with E-state index in [0.717, 1.165) is 29.6 Å². The average molecular weight is 285 g/mol. The molecular weight excluding hydrogens is 266 g/mol. The maximum Gasteiger partial charge on any atom is 0.216 e. The number of carbonyl (C=O) groups is 1. The van der Waals surface area contributed by atoms with Gasteiger partial charge >= 0.3 is 0 Å². The predicted octanol–water partition coefficient (Wildman–Crippen LogP) is 1.79. The number of carbonyl (C=O) groups excluding carboxylic acids is 1. The Balaban J connectivity index is 2.32. The first-order valence-electron chi connectivity index (χ1n) is 7.02. The standard InChI is InChI=1S/C15H19N5O/c1-3-5-20(6-4-17-11(2)21)15-8-12(9-16)7-14-13(15)10-18-19-14/h7-8,10H,3-6H2,1-2H3,(H,17,21)(H,18,19). The molecule has 2 aromatic rings. The first-order chi connectivity index (χ1) is 10.2. The zero-order chi connectivity index (χ0) is 15.2. The van der Waals surface area contributed by atoms with Crippen molar-refractivity contribution in [2.24, 2.45) is 0 Å². The SMILES string of the molecule is CCCN(CCNC(C)=O)c1cc(C#N)cc2[nH]ncc12. The highest BCUT2D eigenvalue weighted by Gasteiger charge is 2.12. The van der Waals surface area contributed by atoms with Gasteiger partial charge in [-0.3, -0.25) is 9.89 Å². The van der Waals surface area contributed by atoms with Crippen molar-refractivity contribution in [3.63, 3.8) is 0 Å². The molecule has 1 amide bonds. The number of nitriles is 1. The number of amides is 1. The van der Waals surface area contributed by atoms with Crippen LogP contribution < -0.4 is 10.2 Å². The molecule has 0 spiro atoms. The second-order valence-electron chi connectivity index (χ2n) is 4.91. The van der Waals surface area contributed by atoms with Crippen LogP contribution in [0.3, 0.4) is 0 Å². The van der Waals surface area contributed by atoms with Crippen molar-refractivity contribution in [2.45, 2.75) is 20.3 Å². The van der Waals surface area contributed by atoms with Crippen molar-refractivity contribution >= 4 is 22.5 Å². The smallest absolute Gasteiger partial charge is 0.216 e. The van der Waals surface area contributed by atoms with Gasteiger partial charge in [0, 0.05) is 37.6 Å². The largest absolute Gasteiger partial charge is 0.369 e. The van der Waals surface area contributed by atoms with E-state index in [2.05, 4.69) is 33.4 Å². The van der Waals surface area contributed by atoms with Crippen LogP contribution in [0.25, 0.3) is 10.9 Å². The Kier molecular flexibility index (Phi) is 4.77. The van der Waals surface area contributed by atoms with E-state index >= 15 is 0 Å². The van der Waals surface area contributed by atoms with E-state index in [1.165, 1.54) is 6.92 Å². The molecule has 0 unspecified atom stereocenters. The fraction of sp³-hybridized carbons (Fsp3) is 0.400. The lowest BCUT2D eigenvalue weighted by Gasteiger charge is -2.25. The summed E-state index contributed by atoms with van der Waals surface area (Å²) in [5, 5.41) is 19.9. The van der Waals surface area contributed by atoms with E-state index in [1.54, 1.807) is 12.3 Å². The molecule has 1 aromatic carbocycles. The van der Waals surface area contributed by atoms with Gasteiger partial charge in [-0.05, 0) is 18.6 Å². The molecule has 0 aliphatic carbocycles. The fourth-order valence-corrected chi connectivity index (χ4v) is 2.35. The maximum absolute atomic E-state index is 11.0. The molecule has 6 nitrogen and oxygen atoms in total. The number of aromatic nitrogens is 2. The van der Waals surface area contributed by atoms with E-state index in [0.29, 0.717) is 18.7 Å². The molecule has 1 aromatic heterocycles. The average Bonchev–Trinajstić information content (AvgIpc) is 2.93. The van der Waals surface area contributed by atoms with Gasteiger partial charge in [0.25, 0.3) is 0 Å². The number of nitrogens with one attached hydrogen (secondary N) is 2. The van der Waals surface area contributed by atoms with Crippen LogP contribution in [-0.4, -0.2) is 35.7 Å². The van der Waals surface area contributed by atoms with Gasteiger partial charge in [-0.1, -0.05) is 6.92 Å². The molecule has 110 valence electrons. The third kappa shape index (κ3) is 3.51. The summed E-state index contributed by atoms with van der Waals surface area (Å²) >= 11 is 0. The van der Waals surface area contributed by atoms with Crippen molar-refractivity contribution in [3.05, 3.63) is 23.9 Å². The van der Waals surface area contributed by atoms with Gasteiger partial charge in [0.15, 0.2) is 0 Å². The highest BCUT2D eigenvalue weighted by molar-refractivity contribution is 5.92. The molecule has 6 heteroatoms. The number of aromatic amines is 1. The Morgan fingerprint density at radius 2 is 2.29 bits per heavy atom. The van der Waals surface area contributed by atoms with Crippen molar-refractivity contribution in [1.29, 1.82) is 5.26 Å². The monoisotopic (exact) mass is 285 g/mol. The topological polar surface area (TPSA) is 84.8 Å². The number of fused-ring (bicyclic) bond motifs is 1. The molecule has 0 atom stereocenters. The summed E-state index contributed by atoms with van der Waals surface area (Å²) in [5.74, 6) is -0.0364. The molecule has 2 rings (SSSR count). The summed E-state index contributed by atoms with van der Waals surface area (Å²) in [5.41, 5.74) is 2.43. The van der Waals surface area contributed by atoms with Crippen LogP contribution in [0.1, 0.15) is 25.8 Å². The summed E-state index contributed by atoms with van der Waals surface area (Å²) in [6, 6.07) is 5.85. The van der Waals surface area contributed by atoms with E-state index in [9.17, 15) is 4.79 Å². The molecule has 0 aliphatic heterocycles. The number of nitrogens with zero attached hydrogens (tertiary/aromatic N) is 3. The molecule has 0 radical (unpaired) electrons. The van der Waals surface area contributed by atoms with Crippen LogP contribution in [0, 0.1) is 11.3 Å². The van der Waals surface area contributed by atoms with Crippen LogP contribution in [0.4, 0.5) is 5.69 Å². The molecule has 0 saturated carbocycles. The number of benzene rings is 1. The zero-order valence-electron chi connectivity index (χ0n) is 12.3. The minimum absolute atomic E-state index is 0.0364. The number of anilines is 1. The number of rotatable bonds is 6. The maximum atomic E-state index is 11.0. The van der Waals surface area contributed by atoms with E-state index < -0.39 is 0 Å². The highest BCUT2D eigenvalue weighted by Crippen LogP contribution is 2.27. The van der Waals surface area contributed by atoms with Crippen molar-refractivity contribution < 1.29 is 4.79 Å². The van der Waals surface area contributed by atoms with Gasteiger partial charge in [-0.25, -0.2) is 0 Å². The fourth-order valence-electron chi connectivity index (χ4n) is 2.35. The van der Waals surface area contributed by atoms with E-state index in [-0.39, 0.29) is 5.91 Å². The third-order valence-corrected chi connectivity index (χ3v) is 3.26. The zero-order valence-corrected chi connectivity index (χ0v) is 12.3. The third-order valence-electron chi connectivity index (χ3n) is 3.26. The summed E-state index contributed by atoms with van der Waals surface area (Å²) in [6.07, 6.45) is 2.75. The molecule has 0 fully saturated rings. The Labute approximate surface area is 123 Å². The van der Waals surface area contributed by atoms with Gasteiger partial charge in [0.2, 0.25) is 5.91 Å².